The number of alkyl halides is 3. The normalized spacial score (nSPS) is 11.4. The Hall–Kier alpha value is -4.14. The first-order valence-electron chi connectivity index (χ1n) is 9.54. The van der Waals surface area contributed by atoms with Crippen LogP contribution in [0.3, 0.4) is 0 Å². The predicted molar refractivity (Wildman–Crippen MR) is 114 cm³/mol. The van der Waals surface area contributed by atoms with Gasteiger partial charge < -0.3 is 15.2 Å². The average molecular weight is 438 g/mol. The lowest BCUT2D eigenvalue weighted by Gasteiger charge is -2.10. The van der Waals surface area contributed by atoms with Crippen molar-refractivity contribution < 1.29 is 22.8 Å². The van der Waals surface area contributed by atoms with Crippen molar-refractivity contribution in [1.82, 2.24) is 14.9 Å². The molecule has 0 atom stereocenters. The van der Waals surface area contributed by atoms with Gasteiger partial charge in [0.1, 0.15) is 5.69 Å². The molecule has 0 spiro atoms. The number of hydrogen-bond donors (Lipinski definition) is 2. The summed E-state index contributed by atoms with van der Waals surface area (Å²) >= 11 is 0. The van der Waals surface area contributed by atoms with Crippen molar-refractivity contribution in [2.24, 2.45) is 0 Å². The van der Waals surface area contributed by atoms with Gasteiger partial charge in [-0.3, -0.25) is 14.6 Å². The maximum absolute atomic E-state index is 12.9. The van der Waals surface area contributed by atoms with Crippen LogP contribution in [0.4, 0.5) is 18.9 Å². The zero-order chi connectivity index (χ0) is 22.9. The summed E-state index contributed by atoms with van der Waals surface area (Å²) in [6.45, 7) is 0. The molecule has 0 aliphatic rings. The third-order valence-corrected chi connectivity index (χ3v) is 4.88. The molecule has 0 unspecified atom stereocenters. The van der Waals surface area contributed by atoms with E-state index < -0.39 is 17.6 Å². The topological polar surface area (TPSA) is 76.0 Å². The van der Waals surface area contributed by atoms with Crippen LogP contribution in [-0.4, -0.2) is 28.4 Å². The summed E-state index contributed by atoms with van der Waals surface area (Å²) in [5.41, 5.74) is 1.29. The molecule has 0 bridgehead atoms. The fourth-order valence-electron chi connectivity index (χ4n) is 3.31. The monoisotopic (exact) mass is 438 g/mol. The Balaban J connectivity index is 1.60. The fourth-order valence-corrected chi connectivity index (χ4v) is 3.31. The van der Waals surface area contributed by atoms with E-state index in [0.717, 1.165) is 28.7 Å². The van der Waals surface area contributed by atoms with Gasteiger partial charge in [-0.1, -0.05) is 6.07 Å². The number of anilines is 1. The molecule has 2 aromatic heterocycles. The molecule has 6 nitrogen and oxygen atoms in total. The number of amides is 2. The van der Waals surface area contributed by atoms with Crippen LogP contribution in [0.15, 0.2) is 73.1 Å². The Morgan fingerprint density at radius 3 is 2.53 bits per heavy atom. The number of aromatic nitrogens is 2. The van der Waals surface area contributed by atoms with Crippen molar-refractivity contribution in [3.63, 3.8) is 0 Å². The molecule has 0 saturated heterocycles. The van der Waals surface area contributed by atoms with Crippen LogP contribution in [0.2, 0.25) is 0 Å². The number of pyridine rings is 1. The Morgan fingerprint density at radius 2 is 1.78 bits per heavy atom. The van der Waals surface area contributed by atoms with Crippen molar-refractivity contribution in [1.29, 1.82) is 0 Å². The summed E-state index contributed by atoms with van der Waals surface area (Å²) in [6, 6.07) is 14.7. The van der Waals surface area contributed by atoms with Crippen LogP contribution in [0.25, 0.3) is 16.6 Å². The van der Waals surface area contributed by atoms with Gasteiger partial charge in [0.25, 0.3) is 11.8 Å². The van der Waals surface area contributed by atoms with E-state index in [1.54, 1.807) is 30.3 Å². The zero-order valence-corrected chi connectivity index (χ0v) is 16.8. The highest BCUT2D eigenvalue weighted by molar-refractivity contribution is 6.05. The Morgan fingerprint density at radius 1 is 0.969 bits per heavy atom. The van der Waals surface area contributed by atoms with Crippen molar-refractivity contribution in [2.45, 2.75) is 6.18 Å². The largest absolute Gasteiger partial charge is 0.416 e. The number of rotatable bonds is 4. The second-order valence-corrected chi connectivity index (χ2v) is 6.97. The first-order valence-corrected chi connectivity index (χ1v) is 9.54. The summed E-state index contributed by atoms with van der Waals surface area (Å²) in [5, 5.41) is 5.96. The minimum Gasteiger partial charge on any atom is -0.354 e. The molecule has 4 aromatic rings. The molecule has 2 heterocycles. The van der Waals surface area contributed by atoms with Crippen molar-refractivity contribution >= 4 is 28.4 Å². The lowest BCUT2D eigenvalue weighted by atomic mass is 10.1. The summed E-state index contributed by atoms with van der Waals surface area (Å²) in [6.07, 6.45) is -1.18. The van der Waals surface area contributed by atoms with Crippen molar-refractivity contribution in [3.05, 3.63) is 89.9 Å². The number of nitrogens with zero attached hydrogens (tertiary/aromatic N) is 2. The van der Waals surface area contributed by atoms with Gasteiger partial charge in [0.2, 0.25) is 0 Å². The lowest BCUT2D eigenvalue weighted by molar-refractivity contribution is -0.137. The van der Waals surface area contributed by atoms with Crippen LogP contribution < -0.4 is 10.6 Å². The molecule has 0 aliphatic carbocycles. The second-order valence-electron chi connectivity index (χ2n) is 6.97. The fraction of sp³-hybridized carbons (Fsp3) is 0.0870. The van der Waals surface area contributed by atoms with Gasteiger partial charge in [0, 0.05) is 41.8 Å². The van der Waals surface area contributed by atoms with E-state index in [-0.39, 0.29) is 17.2 Å². The minimum atomic E-state index is -4.53. The molecule has 0 fully saturated rings. The highest BCUT2D eigenvalue weighted by Crippen LogP contribution is 2.30. The lowest BCUT2D eigenvalue weighted by Crippen LogP contribution is -2.19. The number of carbonyl (C=O) groups is 2. The quantitative estimate of drug-likeness (QED) is 0.487. The molecule has 0 aliphatic heterocycles. The number of benzene rings is 2. The van der Waals surface area contributed by atoms with Crippen LogP contribution in [0.5, 0.6) is 0 Å². The van der Waals surface area contributed by atoms with Gasteiger partial charge in [-0.05, 0) is 54.6 Å². The molecule has 32 heavy (non-hydrogen) atoms. The Labute approximate surface area is 180 Å². The molecule has 0 saturated carbocycles. The van der Waals surface area contributed by atoms with Gasteiger partial charge in [-0.25, -0.2) is 0 Å². The molecular weight excluding hydrogens is 421 g/mol. The Kier molecular flexibility index (Phi) is 5.40. The zero-order valence-electron chi connectivity index (χ0n) is 16.8. The van der Waals surface area contributed by atoms with Crippen LogP contribution in [-0.2, 0) is 6.18 Å². The van der Waals surface area contributed by atoms with E-state index >= 15 is 0 Å². The van der Waals surface area contributed by atoms with Crippen LogP contribution in [0.1, 0.15) is 26.4 Å². The maximum atomic E-state index is 12.9. The molecule has 2 aromatic carbocycles. The number of fused-ring (bicyclic) bond motifs is 1. The molecular formula is C23H17F3N4O2. The predicted octanol–water partition coefficient (Wildman–Crippen LogP) is 4.66. The standard InChI is InChI=1S/C23H17F3N4O2/c1-27-22(32)19-13-18(7-9-28-19)30-10-8-14-12-17(5-6-20(14)30)29-21(31)15-3-2-4-16(11-15)23(24,25)26/h2-13H,1H3,(H,27,32)(H,29,31). The van der Waals surface area contributed by atoms with E-state index in [2.05, 4.69) is 15.6 Å². The molecule has 0 radical (unpaired) electrons. The summed E-state index contributed by atoms with van der Waals surface area (Å²) in [5.74, 6) is -0.942. The summed E-state index contributed by atoms with van der Waals surface area (Å²) < 4.78 is 40.6. The van der Waals surface area contributed by atoms with Crippen molar-refractivity contribution in [3.8, 4) is 5.69 Å². The Bertz CT molecular complexity index is 1330. The molecule has 162 valence electrons. The van der Waals surface area contributed by atoms with Gasteiger partial charge in [-0.2, -0.15) is 13.2 Å². The summed E-state index contributed by atoms with van der Waals surface area (Å²) in [7, 11) is 1.52. The van der Waals surface area contributed by atoms with Crippen molar-refractivity contribution in [2.75, 3.05) is 12.4 Å². The number of carbonyl (C=O) groups excluding carboxylic acids is 2. The van der Waals surface area contributed by atoms with Gasteiger partial charge >= 0.3 is 6.18 Å². The third-order valence-electron chi connectivity index (χ3n) is 4.88. The highest BCUT2D eigenvalue weighted by Gasteiger charge is 2.30. The van der Waals surface area contributed by atoms with E-state index in [4.69, 9.17) is 0 Å². The SMILES string of the molecule is CNC(=O)c1cc(-n2ccc3cc(NC(=O)c4cccc(C(F)(F)F)c4)ccc32)ccn1. The smallest absolute Gasteiger partial charge is 0.354 e. The van der Waals surface area contributed by atoms with Gasteiger partial charge in [-0.15, -0.1) is 0 Å². The van der Waals surface area contributed by atoms with Crippen LogP contribution in [0, 0.1) is 0 Å². The third kappa shape index (κ3) is 4.18. The summed E-state index contributed by atoms with van der Waals surface area (Å²) in [4.78, 5) is 28.4. The minimum absolute atomic E-state index is 0.0870. The number of nitrogens with one attached hydrogen (secondary N) is 2. The average Bonchev–Trinajstić information content (AvgIpc) is 3.21. The maximum Gasteiger partial charge on any atom is 0.416 e. The first kappa shape index (κ1) is 21.1. The van der Waals surface area contributed by atoms with Crippen LogP contribution >= 0.6 is 0 Å². The van der Waals surface area contributed by atoms with Gasteiger partial charge in [0.15, 0.2) is 0 Å². The molecule has 2 N–H and O–H groups in total. The molecule has 4 rings (SSSR count). The second kappa shape index (κ2) is 8.18. The molecule has 9 heteroatoms. The number of halogens is 3. The highest BCUT2D eigenvalue weighted by atomic mass is 19.4. The van der Waals surface area contributed by atoms with E-state index in [1.807, 2.05) is 16.8 Å². The van der Waals surface area contributed by atoms with E-state index in [0.29, 0.717) is 5.69 Å². The molecule has 2 amide bonds. The number of hydrogen-bond acceptors (Lipinski definition) is 3. The van der Waals surface area contributed by atoms with Gasteiger partial charge in [0.05, 0.1) is 11.1 Å². The van der Waals surface area contributed by atoms with E-state index in [1.165, 1.54) is 25.4 Å². The van der Waals surface area contributed by atoms with E-state index in [9.17, 15) is 22.8 Å². The first-order chi connectivity index (χ1) is 15.3.